The molecular formula is C17H16BrN3O. The number of halogens is 1. The zero-order valence-electron chi connectivity index (χ0n) is 12.5. The molecule has 2 aromatic rings. The van der Waals surface area contributed by atoms with Gasteiger partial charge in [0, 0.05) is 29.5 Å². The Morgan fingerprint density at radius 1 is 1.32 bits per heavy atom. The number of hydrogen-bond acceptors (Lipinski definition) is 3. The maximum atomic E-state index is 12.7. The van der Waals surface area contributed by atoms with Crippen molar-refractivity contribution in [3.63, 3.8) is 0 Å². The molecule has 112 valence electrons. The van der Waals surface area contributed by atoms with Crippen molar-refractivity contribution in [2.45, 2.75) is 26.4 Å². The van der Waals surface area contributed by atoms with E-state index < -0.39 is 0 Å². The van der Waals surface area contributed by atoms with Crippen LogP contribution in [0, 0.1) is 11.3 Å². The van der Waals surface area contributed by atoms with E-state index in [1.54, 1.807) is 35.5 Å². The molecule has 0 atom stereocenters. The highest BCUT2D eigenvalue weighted by atomic mass is 79.9. The van der Waals surface area contributed by atoms with Crippen LogP contribution in [0.1, 0.15) is 35.3 Å². The predicted octanol–water partition coefficient (Wildman–Crippen LogP) is 3.77. The van der Waals surface area contributed by atoms with E-state index in [2.05, 4.69) is 27.0 Å². The molecule has 0 aliphatic carbocycles. The molecule has 0 N–H and O–H groups in total. The second-order valence-electron chi connectivity index (χ2n) is 5.23. The molecule has 0 unspecified atom stereocenters. The zero-order valence-corrected chi connectivity index (χ0v) is 14.0. The Labute approximate surface area is 138 Å². The number of nitriles is 1. The third-order valence-electron chi connectivity index (χ3n) is 3.27. The van der Waals surface area contributed by atoms with Crippen molar-refractivity contribution < 1.29 is 4.79 Å². The number of carbonyl (C=O) groups is 1. The molecule has 0 spiro atoms. The summed E-state index contributed by atoms with van der Waals surface area (Å²) in [6.07, 6.45) is 3.22. The van der Waals surface area contributed by atoms with E-state index >= 15 is 0 Å². The fourth-order valence-electron chi connectivity index (χ4n) is 2.06. The highest BCUT2D eigenvalue weighted by Gasteiger charge is 2.19. The molecule has 0 radical (unpaired) electrons. The van der Waals surface area contributed by atoms with Gasteiger partial charge in [-0.25, -0.2) is 0 Å². The Bertz CT molecular complexity index is 705. The molecule has 0 aliphatic heterocycles. The standard InChI is InChI=1S/C17H16BrN3O/c1-12(2)21(11-14-5-3-13(8-19)4-6-14)17(22)15-7-16(18)10-20-9-15/h3-7,9-10,12H,11H2,1-2H3. The number of nitrogens with zero attached hydrogens (tertiary/aromatic N) is 3. The van der Waals surface area contributed by atoms with Gasteiger partial charge in [0.15, 0.2) is 0 Å². The number of amides is 1. The lowest BCUT2D eigenvalue weighted by Crippen LogP contribution is -2.36. The number of rotatable bonds is 4. The third kappa shape index (κ3) is 3.92. The third-order valence-corrected chi connectivity index (χ3v) is 3.71. The summed E-state index contributed by atoms with van der Waals surface area (Å²) in [5.74, 6) is -0.0619. The molecule has 0 aliphatic rings. The van der Waals surface area contributed by atoms with Crippen molar-refractivity contribution >= 4 is 21.8 Å². The Morgan fingerprint density at radius 2 is 2.00 bits per heavy atom. The van der Waals surface area contributed by atoms with Crippen molar-refractivity contribution in [3.05, 3.63) is 63.9 Å². The minimum atomic E-state index is -0.0619. The molecule has 22 heavy (non-hydrogen) atoms. The van der Waals surface area contributed by atoms with Crippen LogP contribution in [0.2, 0.25) is 0 Å². The summed E-state index contributed by atoms with van der Waals surface area (Å²) in [6, 6.07) is 11.2. The molecule has 1 heterocycles. The quantitative estimate of drug-likeness (QED) is 0.836. The SMILES string of the molecule is CC(C)N(Cc1ccc(C#N)cc1)C(=O)c1cncc(Br)c1. The van der Waals surface area contributed by atoms with Gasteiger partial charge in [-0.05, 0) is 53.5 Å². The van der Waals surface area contributed by atoms with Crippen molar-refractivity contribution in [2.75, 3.05) is 0 Å². The minimum Gasteiger partial charge on any atom is -0.332 e. The van der Waals surface area contributed by atoms with Crippen molar-refractivity contribution in [1.82, 2.24) is 9.88 Å². The predicted molar refractivity (Wildman–Crippen MR) is 88.1 cm³/mol. The van der Waals surface area contributed by atoms with Gasteiger partial charge < -0.3 is 4.90 Å². The Morgan fingerprint density at radius 3 is 2.55 bits per heavy atom. The first-order valence-corrected chi connectivity index (χ1v) is 7.71. The smallest absolute Gasteiger partial charge is 0.255 e. The first-order valence-electron chi connectivity index (χ1n) is 6.92. The van der Waals surface area contributed by atoms with Gasteiger partial charge in [0.2, 0.25) is 0 Å². The normalized spacial score (nSPS) is 10.3. The molecule has 0 saturated carbocycles. The van der Waals surface area contributed by atoms with Gasteiger partial charge in [0.25, 0.3) is 5.91 Å². The van der Waals surface area contributed by atoms with Crippen LogP contribution in [0.15, 0.2) is 47.2 Å². The minimum absolute atomic E-state index is 0.0575. The van der Waals surface area contributed by atoms with Crippen molar-refractivity contribution in [1.29, 1.82) is 5.26 Å². The van der Waals surface area contributed by atoms with E-state index in [0.29, 0.717) is 17.7 Å². The average Bonchev–Trinajstić information content (AvgIpc) is 2.52. The lowest BCUT2D eigenvalue weighted by atomic mass is 10.1. The molecular weight excluding hydrogens is 342 g/mol. The summed E-state index contributed by atoms with van der Waals surface area (Å²) in [6.45, 7) is 4.45. The molecule has 0 fully saturated rings. The maximum absolute atomic E-state index is 12.7. The van der Waals surface area contributed by atoms with E-state index in [1.165, 1.54) is 0 Å². The fraction of sp³-hybridized carbons (Fsp3) is 0.235. The van der Waals surface area contributed by atoms with E-state index in [4.69, 9.17) is 5.26 Å². The van der Waals surface area contributed by atoms with E-state index in [1.807, 2.05) is 26.0 Å². The van der Waals surface area contributed by atoms with Crippen LogP contribution in [-0.2, 0) is 6.54 Å². The summed E-state index contributed by atoms with van der Waals surface area (Å²) in [7, 11) is 0. The van der Waals surface area contributed by atoms with Crippen LogP contribution in [0.3, 0.4) is 0 Å². The highest BCUT2D eigenvalue weighted by Crippen LogP contribution is 2.16. The molecule has 4 nitrogen and oxygen atoms in total. The van der Waals surface area contributed by atoms with Crippen LogP contribution >= 0.6 is 15.9 Å². The first-order chi connectivity index (χ1) is 10.5. The Hall–Kier alpha value is -2.19. The van der Waals surface area contributed by atoms with E-state index in [-0.39, 0.29) is 11.9 Å². The van der Waals surface area contributed by atoms with Crippen LogP contribution in [0.4, 0.5) is 0 Å². The summed E-state index contributed by atoms with van der Waals surface area (Å²) in [5, 5.41) is 8.84. The second-order valence-corrected chi connectivity index (χ2v) is 6.14. The molecule has 0 saturated heterocycles. The monoisotopic (exact) mass is 357 g/mol. The van der Waals surface area contributed by atoms with Crippen molar-refractivity contribution in [3.8, 4) is 6.07 Å². The maximum Gasteiger partial charge on any atom is 0.255 e. The summed E-state index contributed by atoms with van der Waals surface area (Å²) < 4.78 is 0.778. The van der Waals surface area contributed by atoms with Gasteiger partial charge in [0.1, 0.15) is 0 Å². The molecule has 0 bridgehead atoms. The van der Waals surface area contributed by atoms with Gasteiger partial charge in [-0.2, -0.15) is 5.26 Å². The van der Waals surface area contributed by atoms with Crippen LogP contribution in [-0.4, -0.2) is 21.8 Å². The molecule has 1 aromatic carbocycles. The highest BCUT2D eigenvalue weighted by molar-refractivity contribution is 9.10. The summed E-state index contributed by atoms with van der Waals surface area (Å²) >= 11 is 3.34. The van der Waals surface area contributed by atoms with E-state index in [9.17, 15) is 4.79 Å². The van der Waals surface area contributed by atoms with Crippen LogP contribution in [0.5, 0.6) is 0 Å². The Kier molecular flexibility index (Phi) is 5.29. The molecule has 1 amide bonds. The van der Waals surface area contributed by atoms with Gasteiger partial charge in [-0.3, -0.25) is 9.78 Å². The first kappa shape index (κ1) is 16.2. The number of hydrogen-bond donors (Lipinski definition) is 0. The number of benzene rings is 1. The van der Waals surface area contributed by atoms with Gasteiger partial charge >= 0.3 is 0 Å². The molecule has 2 rings (SSSR count). The molecule has 1 aromatic heterocycles. The van der Waals surface area contributed by atoms with E-state index in [0.717, 1.165) is 10.0 Å². The zero-order chi connectivity index (χ0) is 16.1. The summed E-state index contributed by atoms with van der Waals surface area (Å²) in [5.41, 5.74) is 2.16. The average molecular weight is 358 g/mol. The van der Waals surface area contributed by atoms with Gasteiger partial charge in [0.05, 0.1) is 17.2 Å². The summed E-state index contributed by atoms with van der Waals surface area (Å²) in [4.78, 5) is 18.5. The van der Waals surface area contributed by atoms with Crippen LogP contribution < -0.4 is 0 Å². The number of aromatic nitrogens is 1. The molecule has 5 heteroatoms. The number of carbonyl (C=O) groups excluding carboxylic acids is 1. The lowest BCUT2D eigenvalue weighted by Gasteiger charge is -2.27. The largest absolute Gasteiger partial charge is 0.332 e. The Balaban J connectivity index is 2.22. The fourth-order valence-corrected chi connectivity index (χ4v) is 2.43. The van der Waals surface area contributed by atoms with Crippen LogP contribution in [0.25, 0.3) is 0 Å². The van der Waals surface area contributed by atoms with Crippen molar-refractivity contribution in [2.24, 2.45) is 0 Å². The lowest BCUT2D eigenvalue weighted by molar-refractivity contribution is 0.0690. The van der Waals surface area contributed by atoms with Gasteiger partial charge in [-0.15, -0.1) is 0 Å². The second kappa shape index (κ2) is 7.19. The topological polar surface area (TPSA) is 57.0 Å². The van der Waals surface area contributed by atoms with Gasteiger partial charge in [-0.1, -0.05) is 12.1 Å². The number of pyridine rings is 1.